The smallest absolute Gasteiger partial charge is 0.343 e. The molecule has 8 heteroatoms. The molecule has 6 nitrogen and oxygen atoms in total. The quantitative estimate of drug-likeness (QED) is 0.439. The van der Waals surface area contributed by atoms with Gasteiger partial charge in [0.25, 0.3) is 0 Å². The number of ether oxygens (including phenoxy) is 4. The summed E-state index contributed by atoms with van der Waals surface area (Å²) in [4.78, 5) is 24.6. The van der Waals surface area contributed by atoms with E-state index in [2.05, 4.69) is 0 Å². The molecule has 3 aromatic carbocycles. The Morgan fingerprint density at radius 1 is 0.600 bits per heavy atom. The van der Waals surface area contributed by atoms with E-state index in [0.29, 0.717) is 0 Å². The molecular formula is C22H16F2O6. The zero-order valence-corrected chi connectivity index (χ0v) is 16.0. The molecule has 3 rings (SSSR count). The molecule has 0 spiro atoms. The fraction of sp³-hybridized carbons (Fsp3) is 0.0909. The molecule has 154 valence electrons. The highest BCUT2D eigenvalue weighted by Crippen LogP contribution is 2.29. The molecule has 3 aromatic rings. The molecule has 0 aliphatic heterocycles. The average Bonchev–Trinajstić information content (AvgIpc) is 2.76. The van der Waals surface area contributed by atoms with E-state index < -0.39 is 23.6 Å². The Hall–Kier alpha value is -3.94. The van der Waals surface area contributed by atoms with Crippen molar-refractivity contribution in [3.8, 4) is 23.0 Å². The van der Waals surface area contributed by atoms with Gasteiger partial charge in [0, 0.05) is 12.1 Å². The molecule has 0 aromatic heterocycles. The van der Waals surface area contributed by atoms with Crippen molar-refractivity contribution in [2.45, 2.75) is 0 Å². The summed E-state index contributed by atoms with van der Waals surface area (Å²) in [5.74, 6) is -2.28. The van der Waals surface area contributed by atoms with Crippen LogP contribution in [0.25, 0.3) is 0 Å². The molecule has 0 heterocycles. The van der Waals surface area contributed by atoms with Gasteiger partial charge in [-0.1, -0.05) is 0 Å². The second-order valence-electron chi connectivity index (χ2n) is 5.95. The number of hydrogen-bond acceptors (Lipinski definition) is 6. The lowest BCUT2D eigenvalue weighted by Crippen LogP contribution is -2.12. The summed E-state index contributed by atoms with van der Waals surface area (Å²) in [5, 5.41) is 0. The van der Waals surface area contributed by atoms with Gasteiger partial charge in [-0.3, -0.25) is 0 Å². The molecule has 0 saturated heterocycles. The summed E-state index contributed by atoms with van der Waals surface area (Å²) in [6.07, 6.45) is 0. The standard InChI is InChI=1S/C22H16F2O6/c1-27-19-11-15(23)7-9-17(19)29-21(25)13-3-5-14(6-4-13)22(26)30-18-10-8-16(24)12-20(18)28-2/h3-12H,1-2H3. The van der Waals surface area contributed by atoms with E-state index in [-0.39, 0.29) is 34.1 Å². The Kier molecular flexibility index (Phi) is 6.26. The van der Waals surface area contributed by atoms with Crippen molar-refractivity contribution >= 4 is 11.9 Å². The molecule has 0 bridgehead atoms. The van der Waals surface area contributed by atoms with Crippen LogP contribution in [0, 0.1) is 11.6 Å². The van der Waals surface area contributed by atoms with Gasteiger partial charge in [0.2, 0.25) is 0 Å². The van der Waals surface area contributed by atoms with Crippen molar-refractivity contribution in [2.24, 2.45) is 0 Å². The van der Waals surface area contributed by atoms with Gasteiger partial charge in [-0.05, 0) is 48.5 Å². The summed E-state index contributed by atoms with van der Waals surface area (Å²) in [6, 6.07) is 12.5. The Bertz CT molecular complexity index is 993. The number of carbonyl (C=O) groups is 2. The van der Waals surface area contributed by atoms with E-state index in [0.717, 1.165) is 24.3 Å². The third-order valence-electron chi connectivity index (χ3n) is 4.01. The van der Waals surface area contributed by atoms with E-state index in [1.54, 1.807) is 0 Å². The first-order valence-corrected chi connectivity index (χ1v) is 8.62. The number of methoxy groups -OCH3 is 2. The van der Waals surface area contributed by atoms with Gasteiger partial charge in [-0.2, -0.15) is 0 Å². The Morgan fingerprint density at radius 2 is 0.967 bits per heavy atom. The Balaban J connectivity index is 1.71. The van der Waals surface area contributed by atoms with Crippen LogP contribution < -0.4 is 18.9 Å². The molecule has 30 heavy (non-hydrogen) atoms. The number of esters is 2. The first-order valence-electron chi connectivity index (χ1n) is 8.62. The van der Waals surface area contributed by atoms with Crippen molar-refractivity contribution in [1.29, 1.82) is 0 Å². The Morgan fingerprint density at radius 3 is 1.30 bits per heavy atom. The van der Waals surface area contributed by atoms with Gasteiger partial charge in [-0.25, -0.2) is 18.4 Å². The number of carbonyl (C=O) groups excluding carboxylic acids is 2. The van der Waals surface area contributed by atoms with Crippen molar-refractivity contribution in [2.75, 3.05) is 14.2 Å². The second-order valence-corrected chi connectivity index (χ2v) is 5.95. The minimum atomic E-state index is -0.722. The second kappa shape index (κ2) is 9.04. The number of rotatable bonds is 6. The molecule has 0 radical (unpaired) electrons. The van der Waals surface area contributed by atoms with Crippen LogP contribution in [0.4, 0.5) is 8.78 Å². The predicted molar refractivity (Wildman–Crippen MR) is 102 cm³/mol. The minimum absolute atomic E-state index is 0.0517. The molecule has 0 N–H and O–H groups in total. The first-order chi connectivity index (χ1) is 14.4. The molecule has 0 fully saturated rings. The topological polar surface area (TPSA) is 71.1 Å². The lowest BCUT2D eigenvalue weighted by Gasteiger charge is -2.10. The van der Waals surface area contributed by atoms with Gasteiger partial charge in [-0.15, -0.1) is 0 Å². The molecule has 0 atom stereocenters. The zero-order chi connectivity index (χ0) is 21.7. The summed E-state index contributed by atoms with van der Waals surface area (Å²) in [7, 11) is 2.64. The average molecular weight is 414 g/mol. The number of benzene rings is 3. The van der Waals surface area contributed by atoms with Crippen LogP contribution in [0.1, 0.15) is 20.7 Å². The van der Waals surface area contributed by atoms with Crippen LogP contribution in [0.15, 0.2) is 60.7 Å². The minimum Gasteiger partial charge on any atom is -0.493 e. The van der Waals surface area contributed by atoms with Crippen LogP contribution in [-0.2, 0) is 0 Å². The fourth-order valence-electron chi connectivity index (χ4n) is 2.51. The lowest BCUT2D eigenvalue weighted by atomic mass is 10.1. The molecule has 0 unspecified atom stereocenters. The third-order valence-corrected chi connectivity index (χ3v) is 4.01. The molecule has 0 aliphatic rings. The van der Waals surface area contributed by atoms with E-state index in [1.807, 2.05) is 0 Å². The molecule has 0 aliphatic carbocycles. The first kappa shape index (κ1) is 20.8. The van der Waals surface area contributed by atoms with Gasteiger partial charge >= 0.3 is 11.9 Å². The van der Waals surface area contributed by atoms with Gasteiger partial charge < -0.3 is 18.9 Å². The third kappa shape index (κ3) is 4.72. The largest absolute Gasteiger partial charge is 0.493 e. The molecule has 0 saturated carbocycles. The van der Waals surface area contributed by atoms with Crippen LogP contribution in [0.2, 0.25) is 0 Å². The fourth-order valence-corrected chi connectivity index (χ4v) is 2.51. The van der Waals surface area contributed by atoms with E-state index in [9.17, 15) is 18.4 Å². The zero-order valence-electron chi connectivity index (χ0n) is 16.0. The Labute approximate surface area is 170 Å². The summed E-state index contributed by atoms with van der Waals surface area (Å²) < 4.78 is 46.9. The highest BCUT2D eigenvalue weighted by atomic mass is 19.1. The summed E-state index contributed by atoms with van der Waals surface area (Å²) >= 11 is 0. The normalized spacial score (nSPS) is 10.3. The van der Waals surface area contributed by atoms with Gasteiger partial charge in [0.05, 0.1) is 25.3 Å². The highest BCUT2D eigenvalue weighted by Gasteiger charge is 2.16. The summed E-state index contributed by atoms with van der Waals surface area (Å²) in [5.41, 5.74) is 0.301. The van der Waals surface area contributed by atoms with Crippen molar-refractivity contribution < 1.29 is 37.3 Å². The van der Waals surface area contributed by atoms with E-state index in [1.165, 1.54) is 50.6 Å². The van der Waals surface area contributed by atoms with Crippen molar-refractivity contribution in [3.05, 3.63) is 83.4 Å². The summed E-state index contributed by atoms with van der Waals surface area (Å²) in [6.45, 7) is 0. The van der Waals surface area contributed by atoms with Crippen LogP contribution in [0.5, 0.6) is 23.0 Å². The van der Waals surface area contributed by atoms with Gasteiger partial charge in [0.15, 0.2) is 23.0 Å². The number of hydrogen-bond donors (Lipinski definition) is 0. The van der Waals surface area contributed by atoms with Gasteiger partial charge in [0.1, 0.15) is 11.6 Å². The lowest BCUT2D eigenvalue weighted by molar-refractivity contribution is 0.0715. The number of halogens is 2. The van der Waals surface area contributed by atoms with E-state index >= 15 is 0 Å². The maximum atomic E-state index is 13.2. The van der Waals surface area contributed by atoms with Crippen molar-refractivity contribution in [1.82, 2.24) is 0 Å². The maximum Gasteiger partial charge on any atom is 0.343 e. The van der Waals surface area contributed by atoms with Crippen LogP contribution in [-0.4, -0.2) is 26.2 Å². The molecule has 0 amide bonds. The predicted octanol–water partition coefficient (Wildman–Crippen LogP) is 4.42. The van der Waals surface area contributed by atoms with Crippen LogP contribution >= 0.6 is 0 Å². The maximum absolute atomic E-state index is 13.2. The SMILES string of the molecule is COc1cc(F)ccc1OC(=O)c1ccc(C(=O)Oc2ccc(F)cc2OC)cc1. The monoisotopic (exact) mass is 414 g/mol. The molecular weight excluding hydrogens is 398 g/mol. The van der Waals surface area contributed by atoms with Crippen LogP contribution in [0.3, 0.4) is 0 Å². The van der Waals surface area contributed by atoms with Crippen molar-refractivity contribution in [3.63, 3.8) is 0 Å². The highest BCUT2D eigenvalue weighted by molar-refractivity contribution is 5.95. The van der Waals surface area contributed by atoms with E-state index in [4.69, 9.17) is 18.9 Å².